The second-order valence-electron chi connectivity index (χ2n) is 7.57. The Hall–Kier alpha value is -3.12. The summed E-state index contributed by atoms with van der Waals surface area (Å²) in [5.74, 6) is -1.09. The quantitative estimate of drug-likeness (QED) is 0.284. The highest BCUT2D eigenvalue weighted by molar-refractivity contribution is 6.14. The molecular weight excluding hydrogens is 344 g/mol. The Balaban J connectivity index is 2.25. The van der Waals surface area contributed by atoms with Crippen molar-refractivity contribution in [1.82, 2.24) is 0 Å². The van der Waals surface area contributed by atoms with Crippen molar-refractivity contribution in [2.24, 2.45) is 7.05 Å². The van der Waals surface area contributed by atoms with Crippen LogP contribution in [0.5, 0.6) is 0 Å². The number of fused-ring (bicyclic) bond motifs is 3. The molecule has 0 aliphatic heterocycles. The molecule has 2 aromatic carbocycles. The summed E-state index contributed by atoms with van der Waals surface area (Å²) in [7, 11) is 1.85. The molecule has 140 valence electrons. The number of aromatic nitrogens is 1. The van der Waals surface area contributed by atoms with Gasteiger partial charge < -0.3 is 4.42 Å². The lowest BCUT2D eigenvalue weighted by molar-refractivity contribution is -0.666. The smallest absolute Gasteiger partial charge is 0.229 e. The van der Waals surface area contributed by atoms with Crippen molar-refractivity contribution in [3.05, 3.63) is 70.2 Å². The van der Waals surface area contributed by atoms with Crippen LogP contribution in [0.25, 0.3) is 38.0 Å². The largest absolute Gasteiger partial charge is 0.466 e. The molecule has 2 aromatic heterocycles. The van der Waals surface area contributed by atoms with Crippen molar-refractivity contribution >= 4 is 27.6 Å². The molecular formula is C25H25N2O+. The highest BCUT2D eigenvalue weighted by atomic mass is 16.3. The first-order valence-electron chi connectivity index (χ1n) is 10.8. The van der Waals surface area contributed by atoms with E-state index in [4.69, 9.17) is 15.1 Å². The van der Waals surface area contributed by atoms with Crippen molar-refractivity contribution in [3.63, 3.8) is 0 Å². The van der Waals surface area contributed by atoms with E-state index in [0.717, 1.165) is 27.5 Å². The van der Waals surface area contributed by atoms with Crippen LogP contribution in [0.4, 0.5) is 5.69 Å². The van der Waals surface area contributed by atoms with E-state index in [-0.39, 0.29) is 12.1 Å². The third-order valence-electron chi connectivity index (χ3n) is 5.43. The van der Waals surface area contributed by atoms with Gasteiger partial charge in [0.15, 0.2) is 5.69 Å². The van der Waals surface area contributed by atoms with E-state index in [1.165, 1.54) is 0 Å². The molecule has 2 heterocycles. The van der Waals surface area contributed by atoms with Crippen molar-refractivity contribution in [2.75, 3.05) is 0 Å². The Morgan fingerprint density at radius 1 is 1.07 bits per heavy atom. The molecule has 3 heteroatoms. The van der Waals surface area contributed by atoms with E-state index in [9.17, 15) is 0 Å². The van der Waals surface area contributed by atoms with Gasteiger partial charge in [0.25, 0.3) is 0 Å². The molecule has 0 bridgehead atoms. The fourth-order valence-corrected chi connectivity index (χ4v) is 3.72. The van der Waals surface area contributed by atoms with Crippen LogP contribution in [-0.4, -0.2) is 0 Å². The van der Waals surface area contributed by atoms with Crippen molar-refractivity contribution < 1.29 is 13.1 Å². The normalized spacial score (nSPS) is 13.4. The summed E-state index contributed by atoms with van der Waals surface area (Å²) in [5.41, 5.74) is 6.07. The lowest BCUT2D eigenvalue weighted by Gasteiger charge is -2.11. The van der Waals surface area contributed by atoms with Crippen molar-refractivity contribution in [1.29, 1.82) is 0 Å². The standard InChI is InChI=1S/C25H25N2O/c1-14(2)18-12-17(5)27(7)21(13-18)23-16(4)8-10-19-22-15(3)9-11-20(26-6)25(22)28-24(19)23/h8-14H,1-5,7H3/q+1/i12D,13D,14D. The van der Waals surface area contributed by atoms with Gasteiger partial charge in [-0.15, -0.1) is 0 Å². The molecule has 28 heavy (non-hydrogen) atoms. The maximum absolute atomic E-state index is 8.99. The topological polar surface area (TPSA) is 21.4 Å². The zero-order valence-corrected chi connectivity index (χ0v) is 17.1. The zero-order chi connectivity index (χ0) is 22.8. The predicted octanol–water partition coefficient (Wildman–Crippen LogP) is 6.68. The average Bonchev–Trinajstić information content (AvgIpc) is 3.08. The third kappa shape index (κ3) is 2.60. The fourth-order valence-electron chi connectivity index (χ4n) is 3.72. The Morgan fingerprint density at radius 3 is 2.46 bits per heavy atom. The maximum Gasteiger partial charge on any atom is 0.229 e. The molecule has 0 atom stereocenters. The average molecular weight is 373 g/mol. The summed E-state index contributed by atoms with van der Waals surface area (Å²) in [4.78, 5) is 3.63. The molecule has 4 rings (SSSR count). The van der Waals surface area contributed by atoms with Crippen LogP contribution in [0.3, 0.4) is 0 Å². The highest BCUT2D eigenvalue weighted by Gasteiger charge is 2.24. The van der Waals surface area contributed by atoms with Gasteiger partial charge in [-0.25, -0.2) is 4.85 Å². The summed E-state index contributed by atoms with van der Waals surface area (Å²) >= 11 is 0. The number of hydrogen-bond donors (Lipinski definition) is 0. The van der Waals surface area contributed by atoms with Gasteiger partial charge in [0.1, 0.15) is 18.2 Å². The van der Waals surface area contributed by atoms with E-state index < -0.39 is 5.89 Å². The van der Waals surface area contributed by atoms with Gasteiger partial charge in [-0.2, -0.15) is 4.57 Å². The predicted molar refractivity (Wildman–Crippen MR) is 115 cm³/mol. The molecule has 0 amide bonds. The van der Waals surface area contributed by atoms with Crippen LogP contribution in [0, 0.1) is 27.3 Å². The summed E-state index contributed by atoms with van der Waals surface area (Å²) in [6, 6.07) is 8.10. The van der Waals surface area contributed by atoms with Gasteiger partial charge >= 0.3 is 0 Å². The molecule has 0 fully saturated rings. The second-order valence-corrected chi connectivity index (χ2v) is 7.57. The first-order valence-corrected chi connectivity index (χ1v) is 9.32. The summed E-state index contributed by atoms with van der Waals surface area (Å²) < 4.78 is 34.3. The molecule has 0 aliphatic carbocycles. The fraction of sp³-hybridized carbons (Fsp3) is 0.280. The molecule has 3 nitrogen and oxygen atoms in total. The van der Waals surface area contributed by atoms with Crippen molar-refractivity contribution in [2.45, 2.75) is 40.5 Å². The van der Waals surface area contributed by atoms with Crippen LogP contribution in [-0.2, 0) is 7.05 Å². The molecule has 0 unspecified atom stereocenters. The van der Waals surface area contributed by atoms with Crippen LogP contribution in [0.15, 0.2) is 40.8 Å². The van der Waals surface area contributed by atoms with E-state index in [1.807, 2.05) is 50.6 Å². The number of hydrogen-bond acceptors (Lipinski definition) is 1. The summed E-state index contributed by atoms with van der Waals surface area (Å²) in [6.07, 6.45) is 0. The number of rotatable bonds is 2. The Morgan fingerprint density at radius 2 is 1.79 bits per heavy atom. The highest BCUT2D eigenvalue weighted by Crippen LogP contribution is 2.41. The van der Waals surface area contributed by atoms with Gasteiger partial charge in [-0.1, -0.05) is 38.1 Å². The van der Waals surface area contributed by atoms with Gasteiger partial charge in [0.2, 0.25) is 11.4 Å². The lowest BCUT2D eigenvalue weighted by Crippen LogP contribution is -2.35. The first-order chi connectivity index (χ1) is 14.5. The molecule has 0 radical (unpaired) electrons. The lowest BCUT2D eigenvalue weighted by atomic mass is 9.95. The number of aryl methyl sites for hydroxylation is 2. The molecule has 0 N–H and O–H groups in total. The van der Waals surface area contributed by atoms with Gasteiger partial charge in [0.05, 0.1) is 14.9 Å². The second kappa shape index (κ2) is 6.49. The first kappa shape index (κ1) is 14.9. The van der Waals surface area contributed by atoms with Gasteiger partial charge in [0, 0.05) is 31.2 Å². The zero-order valence-electron chi connectivity index (χ0n) is 20.1. The SMILES string of the molecule is [2H]c1c(C([2H])(C)C)c([2H])c(-c2c(C)ccc3c2oc2c([N+]#[C-])ccc(C)c23)[n+](C)c1C. The third-order valence-corrected chi connectivity index (χ3v) is 5.43. The minimum atomic E-state index is -1.09. The number of furan rings is 1. The van der Waals surface area contributed by atoms with Crippen molar-refractivity contribution in [3.8, 4) is 11.3 Å². The summed E-state index contributed by atoms with van der Waals surface area (Å²) in [6.45, 7) is 16.8. The van der Waals surface area contributed by atoms with E-state index in [2.05, 4.69) is 4.85 Å². The van der Waals surface area contributed by atoms with Crippen LogP contribution < -0.4 is 4.57 Å². The molecule has 0 aliphatic rings. The Bertz CT molecular complexity index is 1440. The minimum Gasteiger partial charge on any atom is -0.466 e. The molecule has 0 saturated heterocycles. The number of benzene rings is 2. The number of nitrogens with zero attached hydrogens (tertiary/aromatic N) is 2. The van der Waals surface area contributed by atoms with E-state index >= 15 is 0 Å². The maximum atomic E-state index is 8.99. The molecule has 0 spiro atoms. The Labute approximate surface area is 170 Å². The van der Waals surface area contributed by atoms with Crippen LogP contribution in [0.2, 0.25) is 0 Å². The van der Waals surface area contributed by atoms with E-state index in [1.54, 1.807) is 19.9 Å². The van der Waals surface area contributed by atoms with Crippen LogP contribution in [0.1, 0.15) is 46.2 Å². The van der Waals surface area contributed by atoms with Gasteiger partial charge in [-0.3, -0.25) is 0 Å². The monoisotopic (exact) mass is 372 g/mol. The van der Waals surface area contributed by atoms with Crippen LogP contribution >= 0.6 is 0 Å². The minimum absolute atomic E-state index is 0.163. The summed E-state index contributed by atoms with van der Waals surface area (Å²) in [5, 5.41) is 1.81. The Kier molecular flexibility index (Phi) is 3.45. The molecule has 4 aromatic rings. The van der Waals surface area contributed by atoms with E-state index in [0.29, 0.717) is 33.8 Å². The number of pyridine rings is 1. The molecule has 0 saturated carbocycles. The van der Waals surface area contributed by atoms with Gasteiger partial charge in [-0.05, 0) is 36.4 Å².